The van der Waals surface area contributed by atoms with Crippen LogP contribution in [0.2, 0.25) is 0 Å². The number of ether oxygens (including phenoxy) is 1. The Morgan fingerprint density at radius 2 is 1.59 bits per heavy atom. The van der Waals surface area contributed by atoms with Gasteiger partial charge in [0.05, 0.1) is 0 Å². The summed E-state index contributed by atoms with van der Waals surface area (Å²) in [6.07, 6.45) is -0.618. The summed E-state index contributed by atoms with van der Waals surface area (Å²) in [5.74, 6) is 0.641. The largest absolute Gasteiger partial charge is 0.481 e. The van der Waals surface area contributed by atoms with Crippen molar-refractivity contribution in [1.82, 2.24) is 10.6 Å². The van der Waals surface area contributed by atoms with Gasteiger partial charge in [-0.3, -0.25) is 9.59 Å². The van der Waals surface area contributed by atoms with Gasteiger partial charge in [-0.05, 0) is 48.7 Å². The third-order valence-corrected chi connectivity index (χ3v) is 4.56. The SMILES string of the molecule is CC(Oc1ccccc1C(C)C)C(=O)NCCNC(=O)c1ccc(Br)cc1. The summed E-state index contributed by atoms with van der Waals surface area (Å²) in [5.41, 5.74) is 1.64. The maximum atomic E-state index is 12.2. The molecule has 0 heterocycles. The topological polar surface area (TPSA) is 67.4 Å². The molecule has 2 aromatic carbocycles. The second-order valence-electron chi connectivity index (χ2n) is 6.51. The molecule has 0 aliphatic rings. The highest BCUT2D eigenvalue weighted by molar-refractivity contribution is 9.10. The lowest BCUT2D eigenvalue weighted by atomic mass is 10.0. The van der Waals surface area contributed by atoms with Crippen LogP contribution in [-0.4, -0.2) is 31.0 Å². The molecule has 0 saturated heterocycles. The molecule has 27 heavy (non-hydrogen) atoms. The summed E-state index contributed by atoms with van der Waals surface area (Å²) in [6, 6.07) is 14.8. The number of hydrogen-bond acceptors (Lipinski definition) is 3. The van der Waals surface area contributed by atoms with Crippen molar-refractivity contribution in [3.8, 4) is 5.75 Å². The molecule has 2 aromatic rings. The molecule has 0 spiro atoms. The van der Waals surface area contributed by atoms with Gasteiger partial charge >= 0.3 is 0 Å². The molecular weight excluding hydrogens is 408 g/mol. The summed E-state index contributed by atoms with van der Waals surface area (Å²) in [4.78, 5) is 24.2. The van der Waals surface area contributed by atoms with Crippen LogP contribution in [0.15, 0.2) is 53.0 Å². The van der Waals surface area contributed by atoms with Crippen molar-refractivity contribution in [1.29, 1.82) is 0 Å². The molecule has 2 amide bonds. The molecule has 5 nitrogen and oxygen atoms in total. The Hall–Kier alpha value is -2.34. The molecule has 2 N–H and O–H groups in total. The van der Waals surface area contributed by atoms with E-state index in [2.05, 4.69) is 40.4 Å². The van der Waals surface area contributed by atoms with E-state index in [1.165, 1.54) is 0 Å². The molecule has 6 heteroatoms. The monoisotopic (exact) mass is 432 g/mol. The predicted molar refractivity (Wildman–Crippen MR) is 110 cm³/mol. The van der Waals surface area contributed by atoms with Crippen LogP contribution in [-0.2, 0) is 4.79 Å². The van der Waals surface area contributed by atoms with Gasteiger partial charge in [-0.15, -0.1) is 0 Å². The summed E-state index contributed by atoms with van der Waals surface area (Å²) in [5, 5.41) is 5.56. The molecule has 0 aliphatic carbocycles. The van der Waals surface area contributed by atoms with E-state index in [0.717, 1.165) is 15.8 Å². The van der Waals surface area contributed by atoms with Crippen LogP contribution in [0.1, 0.15) is 42.6 Å². The fourth-order valence-corrected chi connectivity index (χ4v) is 2.78. The predicted octanol–water partition coefficient (Wildman–Crippen LogP) is 3.89. The van der Waals surface area contributed by atoms with Crippen molar-refractivity contribution in [2.45, 2.75) is 32.8 Å². The first-order chi connectivity index (χ1) is 12.9. The van der Waals surface area contributed by atoms with Gasteiger partial charge in [-0.25, -0.2) is 0 Å². The van der Waals surface area contributed by atoms with Gasteiger partial charge in [0.1, 0.15) is 5.75 Å². The molecule has 0 aromatic heterocycles. The van der Waals surface area contributed by atoms with E-state index in [0.29, 0.717) is 24.6 Å². The van der Waals surface area contributed by atoms with Crippen LogP contribution in [0.4, 0.5) is 0 Å². The van der Waals surface area contributed by atoms with Gasteiger partial charge in [0, 0.05) is 23.1 Å². The lowest BCUT2D eigenvalue weighted by molar-refractivity contribution is -0.127. The molecule has 0 aliphatic heterocycles. The van der Waals surface area contributed by atoms with Crippen molar-refractivity contribution in [3.63, 3.8) is 0 Å². The Morgan fingerprint density at radius 1 is 0.963 bits per heavy atom. The normalized spacial score (nSPS) is 11.7. The van der Waals surface area contributed by atoms with E-state index >= 15 is 0 Å². The van der Waals surface area contributed by atoms with Crippen molar-refractivity contribution in [2.24, 2.45) is 0 Å². The standard InChI is InChI=1S/C21H25BrN2O3/c1-14(2)18-6-4-5-7-19(18)27-15(3)20(25)23-12-13-24-21(26)16-8-10-17(22)11-9-16/h4-11,14-15H,12-13H2,1-3H3,(H,23,25)(H,24,26). The maximum absolute atomic E-state index is 12.2. The molecule has 2 rings (SSSR count). The molecule has 144 valence electrons. The zero-order chi connectivity index (χ0) is 19.8. The maximum Gasteiger partial charge on any atom is 0.260 e. The number of hydrogen-bond donors (Lipinski definition) is 2. The molecule has 0 radical (unpaired) electrons. The van der Waals surface area contributed by atoms with E-state index < -0.39 is 6.10 Å². The van der Waals surface area contributed by atoms with Gasteiger partial charge in [-0.1, -0.05) is 48.0 Å². The zero-order valence-corrected chi connectivity index (χ0v) is 17.4. The van der Waals surface area contributed by atoms with Crippen molar-refractivity contribution < 1.29 is 14.3 Å². The highest BCUT2D eigenvalue weighted by atomic mass is 79.9. The van der Waals surface area contributed by atoms with E-state index in [-0.39, 0.29) is 11.8 Å². The number of para-hydroxylation sites is 1. The van der Waals surface area contributed by atoms with Gasteiger partial charge < -0.3 is 15.4 Å². The summed E-state index contributed by atoms with van der Waals surface area (Å²) in [6.45, 7) is 6.56. The highest BCUT2D eigenvalue weighted by Crippen LogP contribution is 2.26. The summed E-state index contributed by atoms with van der Waals surface area (Å²) in [7, 11) is 0. The number of amides is 2. The summed E-state index contributed by atoms with van der Waals surface area (Å²) < 4.78 is 6.74. The number of carbonyl (C=O) groups excluding carboxylic acids is 2. The average Bonchev–Trinajstić information content (AvgIpc) is 2.65. The van der Waals surface area contributed by atoms with Crippen molar-refractivity contribution in [2.75, 3.05) is 13.1 Å². The molecule has 1 atom stereocenters. The molecule has 0 bridgehead atoms. The van der Waals surface area contributed by atoms with Crippen LogP contribution >= 0.6 is 15.9 Å². The van der Waals surface area contributed by atoms with Crippen LogP contribution < -0.4 is 15.4 Å². The van der Waals surface area contributed by atoms with Crippen LogP contribution in [0.5, 0.6) is 5.75 Å². The zero-order valence-electron chi connectivity index (χ0n) is 15.8. The second kappa shape index (κ2) is 10.1. The van der Waals surface area contributed by atoms with Crippen LogP contribution in [0.3, 0.4) is 0 Å². The molecule has 0 saturated carbocycles. The Labute approximate surface area is 168 Å². The fraction of sp³-hybridized carbons (Fsp3) is 0.333. The first-order valence-corrected chi connectivity index (χ1v) is 9.75. The van der Waals surface area contributed by atoms with E-state index in [1.54, 1.807) is 19.1 Å². The quantitative estimate of drug-likeness (QED) is 0.621. The highest BCUT2D eigenvalue weighted by Gasteiger charge is 2.16. The third-order valence-electron chi connectivity index (χ3n) is 4.03. The Balaban J connectivity index is 1.77. The smallest absolute Gasteiger partial charge is 0.260 e. The van der Waals surface area contributed by atoms with Gasteiger partial charge in [0.2, 0.25) is 0 Å². The van der Waals surface area contributed by atoms with Gasteiger partial charge in [-0.2, -0.15) is 0 Å². The minimum absolute atomic E-state index is 0.174. The minimum Gasteiger partial charge on any atom is -0.481 e. The third kappa shape index (κ3) is 6.40. The van der Waals surface area contributed by atoms with Crippen LogP contribution in [0, 0.1) is 0 Å². The lowest BCUT2D eigenvalue weighted by Crippen LogP contribution is -2.40. The lowest BCUT2D eigenvalue weighted by Gasteiger charge is -2.18. The summed E-state index contributed by atoms with van der Waals surface area (Å²) >= 11 is 3.33. The Kier molecular flexibility index (Phi) is 7.85. The van der Waals surface area contributed by atoms with E-state index in [4.69, 9.17) is 4.74 Å². The van der Waals surface area contributed by atoms with Crippen LogP contribution in [0.25, 0.3) is 0 Å². The van der Waals surface area contributed by atoms with Crippen molar-refractivity contribution in [3.05, 3.63) is 64.1 Å². The van der Waals surface area contributed by atoms with Crippen molar-refractivity contribution >= 4 is 27.7 Å². The average molecular weight is 433 g/mol. The van der Waals surface area contributed by atoms with Gasteiger partial charge in [0.15, 0.2) is 6.10 Å². The molecule has 0 fully saturated rings. The van der Waals surface area contributed by atoms with E-state index in [9.17, 15) is 9.59 Å². The number of halogens is 1. The number of rotatable bonds is 8. The first kappa shape index (κ1) is 21.0. The van der Waals surface area contributed by atoms with Gasteiger partial charge in [0.25, 0.3) is 11.8 Å². The Bertz CT molecular complexity index is 775. The minimum atomic E-state index is -0.618. The molecular formula is C21H25BrN2O3. The molecule has 1 unspecified atom stereocenters. The Morgan fingerprint density at radius 3 is 2.26 bits per heavy atom. The number of nitrogens with one attached hydrogen (secondary N) is 2. The van der Waals surface area contributed by atoms with E-state index in [1.807, 2.05) is 36.4 Å². The fourth-order valence-electron chi connectivity index (χ4n) is 2.52. The number of carbonyl (C=O) groups is 2. The second-order valence-corrected chi connectivity index (χ2v) is 7.42. The first-order valence-electron chi connectivity index (χ1n) is 8.95. The number of benzene rings is 2.